The summed E-state index contributed by atoms with van der Waals surface area (Å²) < 4.78 is 1.89. The van der Waals surface area contributed by atoms with Crippen LogP contribution in [0.25, 0.3) is 0 Å². The molecular formula is C19H25ClN4O. The van der Waals surface area contributed by atoms with Gasteiger partial charge in [-0.05, 0) is 48.3 Å². The molecule has 2 aliphatic carbocycles. The number of benzene rings is 1. The second kappa shape index (κ2) is 7.58. The van der Waals surface area contributed by atoms with Crippen LogP contribution in [0, 0.1) is 17.8 Å². The molecule has 1 heterocycles. The van der Waals surface area contributed by atoms with E-state index in [-0.39, 0.29) is 30.3 Å². The van der Waals surface area contributed by atoms with Crippen molar-refractivity contribution in [3.05, 3.63) is 53.9 Å². The minimum Gasteiger partial charge on any atom is -0.352 e. The molecule has 2 bridgehead atoms. The van der Waals surface area contributed by atoms with Crippen molar-refractivity contribution in [1.82, 2.24) is 15.1 Å². The van der Waals surface area contributed by atoms with Gasteiger partial charge in [0, 0.05) is 25.0 Å². The van der Waals surface area contributed by atoms with E-state index in [9.17, 15) is 4.79 Å². The summed E-state index contributed by atoms with van der Waals surface area (Å²) in [6.45, 7) is 1.30. The van der Waals surface area contributed by atoms with Gasteiger partial charge in [0.2, 0.25) is 5.91 Å². The number of fused-ring (bicyclic) bond motifs is 2. The van der Waals surface area contributed by atoms with Gasteiger partial charge in [0.05, 0.1) is 12.5 Å². The molecule has 4 rings (SSSR count). The predicted octanol–water partition coefficient (Wildman–Crippen LogP) is 2.34. The molecule has 4 atom stereocenters. The SMILES string of the molecule is Cl.NC1C2CCC(C2)C1C(=O)NCc1cccc(Cn2cccn2)c1. The fourth-order valence-corrected chi connectivity index (χ4v) is 4.45. The van der Waals surface area contributed by atoms with Crippen LogP contribution in [0.15, 0.2) is 42.7 Å². The number of carbonyl (C=O) groups is 1. The van der Waals surface area contributed by atoms with Crippen LogP contribution >= 0.6 is 12.4 Å². The molecule has 3 N–H and O–H groups in total. The number of hydrogen-bond donors (Lipinski definition) is 2. The van der Waals surface area contributed by atoms with Crippen molar-refractivity contribution in [3.8, 4) is 0 Å². The number of aromatic nitrogens is 2. The number of rotatable bonds is 5. The van der Waals surface area contributed by atoms with Gasteiger partial charge in [-0.2, -0.15) is 5.10 Å². The molecule has 2 aliphatic rings. The second-order valence-corrected chi connectivity index (χ2v) is 7.18. The zero-order valence-electron chi connectivity index (χ0n) is 14.2. The molecule has 5 nitrogen and oxygen atoms in total. The van der Waals surface area contributed by atoms with E-state index in [0.717, 1.165) is 24.9 Å². The standard InChI is InChI=1S/C19H24N4O.ClH/c20-18-16-6-5-15(10-16)17(18)19(24)21-11-13-3-1-4-14(9-13)12-23-8-2-7-22-23;/h1-4,7-9,15-18H,5-6,10-12,20H2,(H,21,24);1H. The van der Waals surface area contributed by atoms with Crippen LogP contribution in [0.2, 0.25) is 0 Å². The highest BCUT2D eigenvalue weighted by atomic mass is 35.5. The third kappa shape index (κ3) is 3.72. The quantitative estimate of drug-likeness (QED) is 0.859. The van der Waals surface area contributed by atoms with Crippen molar-refractivity contribution in [3.63, 3.8) is 0 Å². The molecule has 1 amide bonds. The van der Waals surface area contributed by atoms with E-state index in [0.29, 0.717) is 18.4 Å². The maximum Gasteiger partial charge on any atom is 0.225 e. The first-order valence-electron chi connectivity index (χ1n) is 8.79. The number of nitrogens with two attached hydrogens (primary N) is 1. The van der Waals surface area contributed by atoms with Crippen molar-refractivity contribution in [2.24, 2.45) is 23.5 Å². The topological polar surface area (TPSA) is 72.9 Å². The number of amides is 1. The molecule has 0 spiro atoms. The molecule has 2 aromatic rings. The average molecular weight is 361 g/mol. The second-order valence-electron chi connectivity index (χ2n) is 7.18. The van der Waals surface area contributed by atoms with Crippen LogP contribution in [0.5, 0.6) is 0 Å². The molecule has 0 radical (unpaired) electrons. The Labute approximate surface area is 154 Å². The van der Waals surface area contributed by atoms with E-state index in [1.807, 2.05) is 29.1 Å². The van der Waals surface area contributed by atoms with Gasteiger partial charge >= 0.3 is 0 Å². The summed E-state index contributed by atoms with van der Waals surface area (Å²) in [5, 5.41) is 7.33. The number of hydrogen-bond acceptors (Lipinski definition) is 3. The smallest absolute Gasteiger partial charge is 0.225 e. The van der Waals surface area contributed by atoms with Gasteiger partial charge in [-0.3, -0.25) is 9.48 Å². The number of carbonyl (C=O) groups excluding carboxylic acids is 1. The Kier molecular flexibility index (Phi) is 5.45. The highest BCUT2D eigenvalue weighted by molar-refractivity contribution is 5.85. The third-order valence-corrected chi connectivity index (χ3v) is 5.65. The Balaban J connectivity index is 0.00000182. The van der Waals surface area contributed by atoms with Gasteiger partial charge in [-0.1, -0.05) is 24.3 Å². The molecule has 2 saturated carbocycles. The van der Waals surface area contributed by atoms with Gasteiger partial charge < -0.3 is 11.1 Å². The van der Waals surface area contributed by atoms with Crippen LogP contribution in [-0.4, -0.2) is 21.7 Å². The Hall–Kier alpha value is -1.85. The summed E-state index contributed by atoms with van der Waals surface area (Å²) in [5.41, 5.74) is 8.56. The Morgan fingerprint density at radius 1 is 1.24 bits per heavy atom. The monoisotopic (exact) mass is 360 g/mol. The largest absolute Gasteiger partial charge is 0.352 e. The van der Waals surface area contributed by atoms with Crippen molar-refractivity contribution in [2.45, 2.75) is 38.4 Å². The Morgan fingerprint density at radius 3 is 2.76 bits per heavy atom. The molecule has 2 fully saturated rings. The normalized spacial score (nSPS) is 27.1. The Bertz CT molecular complexity index is 716. The average Bonchev–Trinajstić information content (AvgIpc) is 3.30. The summed E-state index contributed by atoms with van der Waals surface area (Å²) in [6.07, 6.45) is 7.23. The summed E-state index contributed by atoms with van der Waals surface area (Å²) in [5.74, 6) is 1.20. The molecular weight excluding hydrogens is 336 g/mol. The first-order valence-corrected chi connectivity index (χ1v) is 8.79. The van der Waals surface area contributed by atoms with Gasteiger partial charge in [0.25, 0.3) is 0 Å². The molecule has 1 aromatic heterocycles. The molecule has 0 aliphatic heterocycles. The van der Waals surface area contributed by atoms with Gasteiger partial charge in [0.15, 0.2) is 0 Å². The summed E-state index contributed by atoms with van der Waals surface area (Å²) in [4.78, 5) is 12.6. The highest BCUT2D eigenvalue weighted by Gasteiger charge is 2.48. The lowest BCUT2D eigenvalue weighted by Crippen LogP contribution is -2.45. The molecule has 6 heteroatoms. The van der Waals surface area contributed by atoms with E-state index in [1.165, 1.54) is 12.0 Å². The van der Waals surface area contributed by atoms with Crippen molar-refractivity contribution in [1.29, 1.82) is 0 Å². The predicted molar refractivity (Wildman–Crippen MR) is 99.2 cm³/mol. The fraction of sp³-hybridized carbons (Fsp3) is 0.474. The third-order valence-electron chi connectivity index (χ3n) is 5.65. The molecule has 134 valence electrons. The van der Waals surface area contributed by atoms with E-state index < -0.39 is 0 Å². The van der Waals surface area contributed by atoms with Crippen LogP contribution in [0.3, 0.4) is 0 Å². The fourth-order valence-electron chi connectivity index (χ4n) is 4.45. The van der Waals surface area contributed by atoms with E-state index >= 15 is 0 Å². The van der Waals surface area contributed by atoms with Gasteiger partial charge in [-0.15, -0.1) is 12.4 Å². The van der Waals surface area contributed by atoms with Crippen molar-refractivity contribution in [2.75, 3.05) is 0 Å². The molecule has 4 unspecified atom stereocenters. The maximum absolute atomic E-state index is 12.6. The molecule has 1 aromatic carbocycles. The lowest BCUT2D eigenvalue weighted by Gasteiger charge is -2.27. The minimum atomic E-state index is 0. The van der Waals surface area contributed by atoms with E-state index in [1.54, 1.807) is 6.20 Å². The van der Waals surface area contributed by atoms with Crippen molar-refractivity contribution >= 4 is 18.3 Å². The van der Waals surface area contributed by atoms with Crippen LogP contribution in [-0.2, 0) is 17.9 Å². The first-order chi connectivity index (χ1) is 11.7. The van der Waals surface area contributed by atoms with Crippen LogP contribution < -0.4 is 11.1 Å². The first kappa shape index (κ1) is 18.0. The summed E-state index contributed by atoms with van der Waals surface area (Å²) >= 11 is 0. The van der Waals surface area contributed by atoms with Crippen LogP contribution in [0.1, 0.15) is 30.4 Å². The van der Waals surface area contributed by atoms with E-state index in [2.05, 4.69) is 22.5 Å². The lowest BCUT2D eigenvalue weighted by atomic mass is 9.84. The maximum atomic E-state index is 12.6. The van der Waals surface area contributed by atoms with Crippen molar-refractivity contribution < 1.29 is 4.79 Å². The van der Waals surface area contributed by atoms with E-state index in [4.69, 9.17) is 5.73 Å². The molecule has 25 heavy (non-hydrogen) atoms. The zero-order valence-corrected chi connectivity index (χ0v) is 15.0. The number of halogens is 1. The highest BCUT2D eigenvalue weighted by Crippen LogP contribution is 2.47. The number of nitrogens with one attached hydrogen (secondary N) is 1. The minimum absolute atomic E-state index is 0. The van der Waals surface area contributed by atoms with Gasteiger partial charge in [-0.25, -0.2) is 0 Å². The Morgan fingerprint density at radius 2 is 2.04 bits per heavy atom. The lowest BCUT2D eigenvalue weighted by molar-refractivity contribution is -0.127. The number of nitrogens with zero attached hydrogens (tertiary/aromatic N) is 2. The zero-order chi connectivity index (χ0) is 16.5. The van der Waals surface area contributed by atoms with Gasteiger partial charge in [0.1, 0.15) is 0 Å². The summed E-state index contributed by atoms with van der Waals surface area (Å²) in [6, 6.07) is 10.3. The summed E-state index contributed by atoms with van der Waals surface area (Å²) in [7, 11) is 0. The van der Waals surface area contributed by atoms with Crippen LogP contribution in [0.4, 0.5) is 0 Å². The molecule has 0 saturated heterocycles.